The number of nitrogens with zero attached hydrogens (tertiary/aromatic N) is 1. The predicted octanol–water partition coefficient (Wildman–Crippen LogP) is 1.86. The van der Waals surface area contributed by atoms with Crippen LogP contribution in [0.4, 0.5) is 5.69 Å². The molecule has 1 aromatic carbocycles. The van der Waals surface area contributed by atoms with E-state index >= 15 is 0 Å². The highest BCUT2D eigenvalue weighted by atomic mass is 35.5. The molecule has 1 aliphatic carbocycles. The van der Waals surface area contributed by atoms with E-state index in [1.54, 1.807) is 11.8 Å². The molecule has 1 aromatic rings. The lowest BCUT2D eigenvalue weighted by molar-refractivity contribution is -0.125. The molecule has 0 bridgehead atoms. The van der Waals surface area contributed by atoms with E-state index < -0.39 is 6.10 Å². The molecule has 3 rings (SSSR count). The van der Waals surface area contributed by atoms with Gasteiger partial charge in [-0.05, 0) is 44.4 Å². The molecule has 0 aromatic heterocycles. The minimum Gasteiger partial charge on any atom is -0.479 e. The maximum atomic E-state index is 12.4. The molecule has 3 unspecified atom stereocenters. The highest BCUT2D eigenvalue weighted by Crippen LogP contribution is 2.33. The van der Waals surface area contributed by atoms with E-state index in [-0.39, 0.29) is 36.7 Å². The van der Waals surface area contributed by atoms with Crippen molar-refractivity contribution in [2.45, 2.75) is 44.8 Å². The topological polar surface area (TPSA) is 84.7 Å². The molecular weight excluding hydrogens is 342 g/mol. The van der Waals surface area contributed by atoms with Gasteiger partial charge in [0.25, 0.3) is 5.91 Å². The van der Waals surface area contributed by atoms with Crippen LogP contribution >= 0.6 is 12.4 Å². The third-order valence-electron chi connectivity index (χ3n) is 4.94. The number of para-hydroxylation sites is 2. The molecule has 6 nitrogen and oxygen atoms in total. The van der Waals surface area contributed by atoms with Crippen molar-refractivity contribution >= 4 is 29.9 Å². The number of amides is 2. The van der Waals surface area contributed by atoms with E-state index in [1.807, 2.05) is 24.3 Å². The lowest BCUT2D eigenvalue weighted by Gasteiger charge is -2.33. The molecule has 1 fully saturated rings. The van der Waals surface area contributed by atoms with Gasteiger partial charge in [-0.15, -0.1) is 12.4 Å². The summed E-state index contributed by atoms with van der Waals surface area (Å²) in [6.45, 7) is 2.70. The van der Waals surface area contributed by atoms with Gasteiger partial charge in [-0.3, -0.25) is 9.59 Å². The van der Waals surface area contributed by atoms with Gasteiger partial charge < -0.3 is 20.7 Å². The second-order valence-corrected chi connectivity index (χ2v) is 6.57. The first-order valence-corrected chi connectivity index (χ1v) is 8.66. The van der Waals surface area contributed by atoms with E-state index in [0.29, 0.717) is 24.8 Å². The summed E-state index contributed by atoms with van der Waals surface area (Å²) in [5.74, 6) is 0.927. The van der Waals surface area contributed by atoms with Crippen LogP contribution in [0.25, 0.3) is 0 Å². The molecule has 0 spiro atoms. The molecule has 1 saturated carbocycles. The number of carbonyl (C=O) groups is 2. The third-order valence-corrected chi connectivity index (χ3v) is 4.94. The molecule has 0 radical (unpaired) electrons. The van der Waals surface area contributed by atoms with Crippen LogP contribution in [0.2, 0.25) is 0 Å². The lowest BCUT2D eigenvalue weighted by atomic mass is 10.0. The molecule has 0 saturated heterocycles. The van der Waals surface area contributed by atoms with Gasteiger partial charge in [-0.2, -0.15) is 0 Å². The predicted molar refractivity (Wildman–Crippen MR) is 99.1 cm³/mol. The first-order chi connectivity index (χ1) is 11.6. The van der Waals surface area contributed by atoms with E-state index in [0.717, 1.165) is 24.9 Å². The Morgan fingerprint density at radius 3 is 2.88 bits per heavy atom. The Bertz CT molecular complexity index is 625. The summed E-state index contributed by atoms with van der Waals surface area (Å²) in [5, 5.41) is 3.08. The van der Waals surface area contributed by atoms with Crippen LogP contribution in [0.3, 0.4) is 0 Å². The van der Waals surface area contributed by atoms with Crippen molar-refractivity contribution in [1.29, 1.82) is 0 Å². The average Bonchev–Trinajstić information content (AvgIpc) is 3.02. The summed E-state index contributed by atoms with van der Waals surface area (Å²) in [6, 6.07) is 7.60. The zero-order valence-electron chi connectivity index (χ0n) is 14.4. The minimum absolute atomic E-state index is 0. The maximum Gasteiger partial charge on any atom is 0.267 e. The second kappa shape index (κ2) is 8.54. The fourth-order valence-electron chi connectivity index (χ4n) is 3.59. The molecule has 3 atom stereocenters. The van der Waals surface area contributed by atoms with Crippen LogP contribution in [0.1, 0.15) is 32.6 Å². The van der Waals surface area contributed by atoms with E-state index in [9.17, 15) is 9.59 Å². The van der Waals surface area contributed by atoms with Gasteiger partial charge in [0.2, 0.25) is 5.91 Å². The molecule has 2 amide bonds. The van der Waals surface area contributed by atoms with E-state index in [2.05, 4.69) is 5.32 Å². The normalized spacial score (nSPS) is 25.0. The van der Waals surface area contributed by atoms with Gasteiger partial charge in [0, 0.05) is 19.0 Å². The van der Waals surface area contributed by atoms with Crippen LogP contribution in [0.5, 0.6) is 5.75 Å². The Labute approximate surface area is 154 Å². The monoisotopic (exact) mass is 367 g/mol. The number of rotatable bonds is 5. The Balaban J connectivity index is 0.00000225. The van der Waals surface area contributed by atoms with Crippen molar-refractivity contribution in [1.82, 2.24) is 5.32 Å². The molecule has 3 N–H and O–H groups in total. The number of carbonyl (C=O) groups excluding carboxylic acids is 2. The highest BCUT2D eigenvalue weighted by molar-refractivity contribution is 6.00. The van der Waals surface area contributed by atoms with E-state index in [1.165, 1.54) is 0 Å². The number of hydrogen-bond donors (Lipinski definition) is 2. The number of nitrogens with one attached hydrogen (secondary N) is 1. The molecule has 1 aliphatic heterocycles. The molecular formula is C18H26ClN3O3. The van der Waals surface area contributed by atoms with Crippen LogP contribution in [-0.2, 0) is 9.59 Å². The summed E-state index contributed by atoms with van der Waals surface area (Å²) >= 11 is 0. The zero-order valence-corrected chi connectivity index (χ0v) is 15.3. The quantitative estimate of drug-likeness (QED) is 0.831. The van der Waals surface area contributed by atoms with Crippen LogP contribution < -0.4 is 20.7 Å². The van der Waals surface area contributed by atoms with Crippen molar-refractivity contribution in [3.05, 3.63) is 24.3 Å². The first-order valence-electron chi connectivity index (χ1n) is 8.66. The fourth-order valence-corrected chi connectivity index (χ4v) is 3.59. The number of hydrogen-bond acceptors (Lipinski definition) is 4. The summed E-state index contributed by atoms with van der Waals surface area (Å²) in [6.07, 6.45) is 2.93. The number of ether oxygens (including phenoxy) is 1. The zero-order chi connectivity index (χ0) is 17.1. The Kier molecular flexibility index (Phi) is 6.67. The first kappa shape index (κ1) is 19.5. The third kappa shape index (κ3) is 4.25. The average molecular weight is 368 g/mol. The van der Waals surface area contributed by atoms with Crippen molar-refractivity contribution < 1.29 is 14.3 Å². The van der Waals surface area contributed by atoms with Crippen molar-refractivity contribution in [2.75, 3.05) is 18.0 Å². The Morgan fingerprint density at radius 2 is 2.12 bits per heavy atom. The molecule has 2 aliphatic rings. The number of benzene rings is 1. The molecule has 138 valence electrons. The summed E-state index contributed by atoms with van der Waals surface area (Å²) in [5.41, 5.74) is 6.49. The number of halogens is 1. The number of fused-ring (bicyclic) bond motifs is 1. The summed E-state index contributed by atoms with van der Waals surface area (Å²) in [7, 11) is 0. The SMILES string of the molecule is CC1Oc2ccccc2N(CCC(=O)NC2CCCC2CN)C1=O.Cl. The minimum atomic E-state index is -0.528. The van der Waals surface area contributed by atoms with Crippen molar-refractivity contribution in [3.63, 3.8) is 0 Å². The number of nitrogens with two attached hydrogens (primary N) is 1. The van der Waals surface area contributed by atoms with Gasteiger partial charge in [0.15, 0.2) is 6.10 Å². The van der Waals surface area contributed by atoms with Gasteiger partial charge in [-0.25, -0.2) is 0 Å². The summed E-state index contributed by atoms with van der Waals surface area (Å²) in [4.78, 5) is 26.3. The maximum absolute atomic E-state index is 12.4. The number of anilines is 1. The Hall–Kier alpha value is -1.79. The van der Waals surface area contributed by atoms with Gasteiger partial charge in [0.05, 0.1) is 5.69 Å². The highest BCUT2D eigenvalue weighted by Gasteiger charge is 2.32. The lowest BCUT2D eigenvalue weighted by Crippen LogP contribution is -2.46. The second-order valence-electron chi connectivity index (χ2n) is 6.57. The van der Waals surface area contributed by atoms with Crippen molar-refractivity contribution in [2.24, 2.45) is 11.7 Å². The smallest absolute Gasteiger partial charge is 0.267 e. The van der Waals surface area contributed by atoms with E-state index in [4.69, 9.17) is 10.5 Å². The van der Waals surface area contributed by atoms with Gasteiger partial charge in [-0.1, -0.05) is 18.6 Å². The molecule has 1 heterocycles. The van der Waals surface area contributed by atoms with Crippen LogP contribution in [-0.4, -0.2) is 37.0 Å². The Morgan fingerprint density at radius 1 is 1.36 bits per heavy atom. The fraction of sp³-hybridized carbons (Fsp3) is 0.556. The molecule has 7 heteroatoms. The van der Waals surface area contributed by atoms with Crippen molar-refractivity contribution in [3.8, 4) is 5.75 Å². The largest absolute Gasteiger partial charge is 0.479 e. The van der Waals surface area contributed by atoms with Crippen LogP contribution in [0.15, 0.2) is 24.3 Å². The standard InChI is InChI=1S/C18H25N3O3.ClH/c1-12-18(23)21(15-7-2-3-8-16(15)24-12)10-9-17(22)20-14-6-4-5-13(14)11-19;/h2-3,7-8,12-14H,4-6,9-11,19H2,1H3,(H,20,22);1H. The van der Waals surface area contributed by atoms with Gasteiger partial charge in [0.1, 0.15) is 5.75 Å². The van der Waals surface area contributed by atoms with Gasteiger partial charge >= 0.3 is 0 Å². The van der Waals surface area contributed by atoms with Crippen LogP contribution in [0, 0.1) is 5.92 Å². The molecule has 25 heavy (non-hydrogen) atoms. The summed E-state index contributed by atoms with van der Waals surface area (Å²) < 4.78 is 5.61.